The second-order valence-corrected chi connectivity index (χ2v) is 7.15. The van der Waals surface area contributed by atoms with Gasteiger partial charge in [0.1, 0.15) is 0 Å². The first-order valence-electron chi connectivity index (χ1n) is 5.37. The molecule has 0 fully saturated rings. The number of nitrogens with zero attached hydrogens (tertiary/aromatic N) is 1. The highest BCUT2D eigenvalue weighted by Crippen LogP contribution is 2.11. The van der Waals surface area contributed by atoms with Gasteiger partial charge < -0.3 is 4.90 Å². The van der Waals surface area contributed by atoms with Crippen LogP contribution < -0.4 is 0 Å². The van der Waals surface area contributed by atoms with Crippen LogP contribution in [0.5, 0.6) is 0 Å². The van der Waals surface area contributed by atoms with Crippen molar-refractivity contribution in [3.63, 3.8) is 0 Å². The van der Waals surface area contributed by atoms with Crippen LogP contribution in [0.25, 0.3) is 0 Å². The number of hydrogen-bond donors (Lipinski definition) is 0. The first kappa shape index (κ1) is 14.2. The molecule has 0 aliphatic carbocycles. The lowest BCUT2D eigenvalue weighted by Crippen LogP contribution is -2.39. The molecule has 1 atom stereocenters. The summed E-state index contributed by atoms with van der Waals surface area (Å²) in [4.78, 5) is 13.4. The van der Waals surface area contributed by atoms with Crippen LogP contribution >= 0.6 is 11.3 Å². The number of sulfone groups is 1. The second kappa shape index (κ2) is 5.64. The summed E-state index contributed by atoms with van der Waals surface area (Å²) in [5.74, 6) is -0.0155. The molecule has 1 rings (SSSR count). The monoisotopic (exact) mass is 275 g/mol. The first-order valence-corrected chi connectivity index (χ1v) is 8.13. The number of amides is 1. The van der Waals surface area contributed by atoms with Crippen LogP contribution in [0.4, 0.5) is 0 Å². The smallest absolute Gasteiger partial charge is 0.254 e. The Morgan fingerprint density at radius 3 is 2.65 bits per heavy atom. The molecule has 96 valence electrons. The van der Waals surface area contributed by atoms with Gasteiger partial charge in [0.05, 0.1) is 11.3 Å². The Kier molecular flexibility index (Phi) is 4.70. The summed E-state index contributed by atoms with van der Waals surface area (Å²) in [6.45, 7) is 3.36. The maximum Gasteiger partial charge on any atom is 0.254 e. The maximum absolute atomic E-state index is 12.0. The lowest BCUT2D eigenvalue weighted by atomic mass is 10.2. The third-order valence-electron chi connectivity index (χ3n) is 2.68. The number of carbonyl (C=O) groups excluding carboxylic acids is 1. The molecular formula is C11H17NO3S2. The van der Waals surface area contributed by atoms with Crippen molar-refractivity contribution in [2.24, 2.45) is 0 Å². The van der Waals surface area contributed by atoms with Crippen molar-refractivity contribution in [2.75, 3.05) is 18.6 Å². The van der Waals surface area contributed by atoms with Crippen molar-refractivity contribution in [2.45, 2.75) is 19.9 Å². The van der Waals surface area contributed by atoms with Crippen LogP contribution in [0.2, 0.25) is 0 Å². The topological polar surface area (TPSA) is 54.5 Å². The molecule has 1 aromatic heterocycles. The van der Waals surface area contributed by atoms with Crippen LogP contribution in [0, 0.1) is 0 Å². The summed E-state index contributed by atoms with van der Waals surface area (Å²) in [6.07, 6.45) is 0. The average Bonchev–Trinajstić information content (AvgIpc) is 2.80. The molecule has 0 saturated heterocycles. The van der Waals surface area contributed by atoms with E-state index in [1.165, 1.54) is 16.2 Å². The Hall–Kier alpha value is -0.880. The van der Waals surface area contributed by atoms with E-state index in [9.17, 15) is 13.2 Å². The molecule has 17 heavy (non-hydrogen) atoms. The molecule has 0 spiro atoms. The zero-order chi connectivity index (χ0) is 13.1. The summed E-state index contributed by atoms with van der Waals surface area (Å²) in [7, 11) is -1.42. The van der Waals surface area contributed by atoms with Gasteiger partial charge in [-0.15, -0.1) is 0 Å². The van der Waals surface area contributed by atoms with Gasteiger partial charge in [-0.05, 0) is 18.4 Å². The van der Waals surface area contributed by atoms with E-state index in [1.54, 1.807) is 32.3 Å². The largest absolute Gasteiger partial charge is 0.338 e. The van der Waals surface area contributed by atoms with Gasteiger partial charge in [-0.1, -0.05) is 6.92 Å². The number of thiophene rings is 1. The van der Waals surface area contributed by atoms with Crippen molar-refractivity contribution in [3.8, 4) is 0 Å². The quantitative estimate of drug-likeness (QED) is 0.821. The third kappa shape index (κ3) is 3.81. The molecular weight excluding hydrogens is 258 g/mol. The van der Waals surface area contributed by atoms with Crippen molar-refractivity contribution in [3.05, 3.63) is 22.4 Å². The maximum atomic E-state index is 12.0. The average molecular weight is 275 g/mol. The van der Waals surface area contributed by atoms with Gasteiger partial charge >= 0.3 is 0 Å². The third-order valence-corrected chi connectivity index (χ3v) is 5.24. The van der Waals surface area contributed by atoms with Crippen LogP contribution in [0.1, 0.15) is 24.2 Å². The van der Waals surface area contributed by atoms with E-state index < -0.39 is 9.84 Å². The molecule has 4 nitrogen and oxygen atoms in total. The van der Waals surface area contributed by atoms with E-state index >= 15 is 0 Å². The number of rotatable bonds is 5. The summed E-state index contributed by atoms with van der Waals surface area (Å²) in [5.41, 5.74) is 0.609. The number of carbonyl (C=O) groups is 1. The second-order valence-electron chi connectivity index (χ2n) is 3.98. The molecule has 1 amide bonds. The molecule has 0 bridgehead atoms. The standard InChI is InChI=1S/C11H17NO3S2/c1-4-17(14,15)8-9(2)12(3)11(13)10-5-6-16-7-10/h5-7,9H,4,8H2,1-3H3/t9-/m0/s1. The predicted molar refractivity (Wildman–Crippen MR) is 70.2 cm³/mol. The highest BCUT2D eigenvalue weighted by atomic mass is 32.2. The lowest BCUT2D eigenvalue weighted by molar-refractivity contribution is 0.0757. The van der Waals surface area contributed by atoms with Gasteiger partial charge in [0.25, 0.3) is 5.91 Å². The van der Waals surface area contributed by atoms with Crippen molar-refractivity contribution in [1.82, 2.24) is 4.90 Å². The molecule has 0 aliphatic heterocycles. The Morgan fingerprint density at radius 1 is 1.53 bits per heavy atom. The van der Waals surface area contributed by atoms with Gasteiger partial charge in [0, 0.05) is 24.2 Å². The Bertz CT molecular complexity index is 465. The normalized spacial score (nSPS) is 13.4. The zero-order valence-corrected chi connectivity index (χ0v) is 11.8. The summed E-state index contributed by atoms with van der Waals surface area (Å²) < 4.78 is 23.0. The molecule has 0 aliphatic rings. The minimum absolute atomic E-state index is 0.00980. The highest BCUT2D eigenvalue weighted by Gasteiger charge is 2.22. The Morgan fingerprint density at radius 2 is 2.18 bits per heavy atom. The van der Waals surface area contributed by atoms with Gasteiger partial charge in [0.15, 0.2) is 9.84 Å². The van der Waals surface area contributed by atoms with Crippen LogP contribution in [-0.4, -0.2) is 43.8 Å². The van der Waals surface area contributed by atoms with Gasteiger partial charge in [0.2, 0.25) is 0 Å². The first-order chi connectivity index (χ1) is 7.87. The fourth-order valence-corrected chi connectivity index (χ4v) is 3.21. The van der Waals surface area contributed by atoms with E-state index in [4.69, 9.17) is 0 Å². The zero-order valence-electron chi connectivity index (χ0n) is 10.2. The fraction of sp³-hybridized carbons (Fsp3) is 0.545. The van der Waals surface area contributed by atoms with E-state index in [-0.39, 0.29) is 23.5 Å². The Balaban J connectivity index is 2.71. The summed E-state index contributed by atoms with van der Waals surface area (Å²) in [5, 5.41) is 3.59. The molecule has 1 aromatic rings. The predicted octanol–water partition coefficient (Wildman–Crippen LogP) is 1.64. The van der Waals surface area contributed by atoms with E-state index in [1.807, 2.05) is 5.38 Å². The van der Waals surface area contributed by atoms with Gasteiger partial charge in [-0.3, -0.25) is 4.79 Å². The minimum Gasteiger partial charge on any atom is -0.338 e. The molecule has 6 heteroatoms. The van der Waals surface area contributed by atoms with E-state index in [0.717, 1.165) is 0 Å². The lowest BCUT2D eigenvalue weighted by Gasteiger charge is -2.24. The molecule has 0 unspecified atom stereocenters. The van der Waals surface area contributed by atoms with Gasteiger partial charge in [-0.2, -0.15) is 11.3 Å². The summed E-state index contributed by atoms with van der Waals surface area (Å²) >= 11 is 1.45. The Labute approximate surface area is 106 Å². The van der Waals surface area contributed by atoms with E-state index in [0.29, 0.717) is 5.56 Å². The van der Waals surface area contributed by atoms with Crippen molar-refractivity contribution < 1.29 is 13.2 Å². The molecule has 0 N–H and O–H groups in total. The molecule has 1 heterocycles. The van der Waals surface area contributed by atoms with Crippen LogP contribution in [-0.2, 0) is 9.84 Å². The van der Waals surface area contributed by atoms with Crippen molar-refractivity contribution >= 4 is 27.1 Å². The molecule has 0 saturated carbocycles. The van der Waals surface area contributed by atoms with Crippen molar-refractivity contribution in [1.29, 1.82) is 0 Å². The van der Waals surface area contributed by atoms with E-state index in [2.05, 4.69) is 0 Å². The van der Waals surface area contributed by atoms with Gasteiger partial charge in [-0.25, -0.2) is 8.42 Å². The fourth-order valence-electron chi connectivity index (χ4n) is 1.39. The summed E-state index contributed by atoms with van der Waals surface area (Å²) in [6, 6.07) is 1.43. The van der Waals surface area contributed by atoms with Crippen LogP contribution in [0.15, 0.2) is 16.8 Å². The minimum atomic E-state index is -3.06. The SMILES string of the molecule is CCS(=O)(=O)C[C@H](C)N(C)C(=O)c1ccsc1. The molecule has 0 radical (unpaired) electrons. The molecule has 0 aromatic carbocycles. The van der Waals surface area contributed by atoms with Crippen LogP contribution in [0.3, 0.4) is 0 Å². The number of hydrogen-bond acceptors (Lipinski definition) is 4. The highest BCUT2D eigenvalue weighted by molar-refractivity contribution is 7.91.